The Labute approximate surface area is 258 Å². The number of halogens is 1. The Balaban J connectivity index is 2.03. The molecule has 42 heavy (non-hydrogen) atoms. The van der Waals surface area contributed by atoms with Gasteiger partial charge in [0, 0.05) is 17.6 Å². The first-order valence-corrected chi connectivity index (χ1v) is 16.5. The summed E-state index contributed by atoms with van der Waals surface area (Å²) in [5, 5.41) is 2.95. The number of benzene rings is 3. The van der Waals surface area contributed by atoms with Gasteiger partial charge in [0.25, 0.3) is 10.0 Å². The predicted octanol–water partition coefficient (Wildman–Crippen LogP) is 6.08. The van der Waals surface area contributed by atoms with Gasteiger partial charge in [0.1, 0.15) is 18.3 Å². The lowest BCUT2D eigenvalue weighted by Crippen LogP contribution is -2.52. The number of hydrogen-bond acceptors (Lipinski definition) is 5. The second-order valence-corrected chi connectivity index (χ2v) is 12.7. The quantitative estimate of drug-likeness (QED) is 0.200. The number of rotatable bonds is 15. The first kappa shape index (κ1) is 33.1. The Morgan fingerprint density at radius 2 is 1.57 bits per heavy atom. The molecule has 3 aromatic carbocycles. The van der Waals surface area contributed by atoms with Crippen molar-refractivity contribution >= 4 is 43.5 Å². The third kappa shape index (κ3) is 8.82. The van der Waals surface area contributed by atoms with Crippen molar-refractivity contribution in [3.63, 3.8) is 0 Å². The Kier molecular flexibility index (Phi) is 12.4. The number of aryl methyl sites for hydroxylation is 1. The molecule has 10 heteroatoms. The van der Waals surface area contributed by atoms with Gasteiger partial charge in [-0.3, -0.25) is 13.9 Å². The number of amides is 2. The number of carbonyl (C=O) groups excluding carboxylic acids is 2. The Morgan fingerprint density at radius 3 is 2.14 bits per heavy atom. The predicted molar refractivity (Wildman–Crippen MR) is 170 cm³/mol. The summed E-state index contributed by atoms with van der Waals surface area (Å²) >= 11 is 3.35. The zero-order chi connectivity index (χ0) is 30.7. The zero-order valence-electron chi connectivity index (χ0n) is 24.7. The summed E-state index contributed by atoms with van der Waals surface area (Å²) in [7, 11) is -4.15. The van der Waals surface area contributed by atoms with E-state index in [2.05, 4.69) is 21.2 Å². The van der Waals surface area contributed by atoms with Crippen molar-refractivity contribution in [1.29, 1.82) is 0 Å². The number of nitrogens with one attached hydrogen (secondary N) is 1. The monoisotopic (exact) mass is 657 g/mol. The molecule has 0 spiro atoms. The molecule has 0 aliphatic heterocycles. The summed E-state index contributed by atoms with van der Waals surface area (Å²) in [6.45, 7) is 8.37. The van der Waals surface area contributed by atoms with Gasteiger partial charge in [-0.2, -0.15) is 0 Å². The van der Waals surface area contributed by atoms with Crippen LogP contribution in [0.4, 0.5) is 5.69 Å². The molecule has 0 saturated heterocycles. The summed E-state index contributed by atoms with van der Waals surface area (Å²) in [4.78, 5) is 29.0. The summed E-state index contributed by atoms with van der Waals surface area (Å²) in [6, 6.07) is 19.8. The molecule has 0 radical (unpaired) electrons. The van der Waals surface area contributed by atoms with Crippen LogP contribution >= 0.6 is 15.9 Å². The van der Waals surface area contributed by atoms with Crippen LogP contribution < -0.4 is 14.4 Å². The fourth-order valence-corrected chi connectivity index (χ4v) is 6.13. The van der Waals surface area contributed by atoms with E-state index in [1.165, 1.54) is 17.0 Å². The van der Waals surface area contributed by atoms with E-state index in [-0.39, 0.29) is 17.3 Å². The van der Waals surface area contributed by atoms with Crippen LogP contribution in [0.1, 0.15) is 51.2 Å². The summed E-state index contributed by atoms with van der Waals surface area (Å²) in [5.41, 5.74) is 2.23. The largest absolute Gasteiger partial charge is 0.494 e. The molecular weight excluding hydrogens is 618 g/mol. The van der Waals surface area contributed by atoms with Crippen LogP contribution in [-0.4, -0.2) is 50.9 Å². The maximum absolute atomic E-state index is 14.1. The van der Waals surface area contributed by atoms with Crippen molar-refractivity contribution in [1.82, 2.24) is 10.2 Å². The molecular formula is C32H40BrN3O5S. The third-order valence-electron chi connectivity index (χ3n) is 6.81. The van der Waals surface area contributed by atoms with Gasteiger partial charge in [0.2, 0.25) is 11.8 Å². The van der Waals surface area contributed by atoms with E-state index in [0.717, 1.165) is 32.7 Å². The van der Waals surface area contributed by atoms with Crippen molar-refractivity contribution < 1.29 is 22.7 Å². The number of anilines is 1. The molecule has 226 valence electrons. The topological polar surface area (TPSA) is 96.0 Å². The van der Waals surface area contributed by atoms with E-state index in [4.69, 9.17) is 4.74 Å². The van der Waals surface area contributed by atoms with Crippen molar-refractivity contribution in [3.05, 3.63) is 88.4 Å². The lowest BCUT2D eigenvalue weighted by atomic mass is 10.1. The normalized spacial score (nSPS) is 11.9. The molecule has 0 saturated carbocycles. The molecule has 8 nitrogen and oxygen atoms in total. The molecule has 1 N–H and O–H groups in total. The highest BCUT2D eigenvalue weighted by atomic mass is 79.9. The maximum Gasteiger partial charge on any atom is 0.264 e. The van der Waals surface area contributed by atoms with Crippen LogP contribution in [0, 0.1) is 6.92 Å². The first-order valence-electron chi connectivity index (χ1n) is 14.2. The molecule has 0 aliphatic carbocycles. The molecule has 3 rings (SSSR count). The second kappa shape index (κ2) is 15.7. The van der Waals surface area contributed by atoms with Gasteiger partial charge in [0.15, 0.2) is 0 Å². The Morgan fingerprint density at radius 1 is 0.929 bits per heavy atom. The first-order chi connectivity index (χ1) is 20.1. The Bertz CT molecular complexity index is 1410. The number of unbranched alkanes of at least 4 members (excludes halogenated alkanes) is 1. The lowest BCUT2D eigenvalue weighted by Gasteiger charge is -2.33. The molecule has 0 aliphatic rings. The highest BCUT2D eigenvalue weighted by Gasteiger charge is 2.33. The molecule has 0 bridgehead atoms. The van der Waals surface area contributed by atoms with E-state index < -0.39 is 28.5 Å². The second-order valence-electron chi connectivity index (χ2n) is 9.97. The maximum atomic E-state index is 14.1. The number of carbonyl (C=O) groups is 2. The van der Waals surface area contributed by atoms with Crippen LogP contribution in [0.2, 0.25) is 0 Å². The number of sulfonamides is 1. The fourth-order valence-electron chi connectivity index (χ4n) is 4.45. The van der Waals surface area contributed by atoms with Gasteiger partial charge in [-0.05, 0) is 80.8 Å². The minimum absolute atomic E-state index is 0.0434. The van der Waals surface area contributed by atoms with Gasteiger partial charge in [0.05, 0.1) is 17.2 Å². The van der Waals surface area contributed by atoms with E-state index >= 15 is 0 Å². The van der Waals surface area contributed by atoms with Crippen LogP contribution in [0.3, 0.4) is 0 Å². The zero-order valence-corrected chi connectivity index (χ0v) is 27.1. The molecule has 2 amide bonds. The summed E-state index contributed by atoms with van der Waals surface area (Å²) in [6.07, 6.45) is 2.12. The van der Waals surface area contributed by atoms with Crippen molar-refractivity contribution in [3.8, 4) is 5.75 Å². The van der Waals surface area contributed by atoms with Crippen LogP contribution in [-0.2, 0) is 26.2 Å². The Hall–Kier alpha value is -3.37. The molecule has 3 aromatic rings. The van der Waals surface area contributed by atoms with Crippen LogP contribution in [0.15, 0.2) is 82.2 Å². The van der Waals surface area contributed by atoms with Crippen molar-refractivity contribution in [2.24, 2.45) is 0 Å². The van der Waals surface area contributed by atoms with Gasteiger partial charge >= 0.3 is 0 Å². The third-order valence-corrected chi connectivity index (χ3v) is 9.12. The van der Waals surface area contributed by atoms with Gasteiger partial charge in [-0.25, -0.2) is 8.42 Å². The lowest BCUT2D eigenvalue weighted by molar-refractivity contribution is -0.140. The SMILES string of the molecule is CCCCNC(=O)[C@H](CC)N(Cc1ccc(C)cc1)C(=O)CN(c1ccc(OCC)cc1)S(=O)(=O)c1ccc(Br)cc1. The average Bonchev–Trinajstić information content (AvgIpc) is 2.97. The molecule has 1 atom stereocenters. The summed E-state index contributed by atoms with van der Waals surface area (Å²) in [5.74, 6) is -0.151. The summed E-state index contributed by atoms with van der Waals surface area (Å²) < 4.78 is 35.3. The van der Waals surface area contributed by atoms with E-state index in [9.17, 15) is 18.0 Å². The molecule has 0 unspecified atom stereocenters. The number of hydrogen-bond donors (Lipinski definition) is 1. The van der Waals surface area contributed by atoms with E-state index in [0.29, 0.717) is 31.0 Å². The standard InChI is InChI=1S/C32H40BrN3O5S/c1-5-8-21-34-32(38)30(6-2)35(22-25-11-9-24(4)10-12-25)31(37)23-36(27-15-17-28(18-16-27)41-7-3)42(39,40)29-19-13-26(33)14-20-29/h9-20,30H,5-8,21-23H2,1-4H3,(H,34,38)/t30-/m0/s1. The van der Waals surface area contributed by atoms with Crippen LogP contribution in [0.25, 0.3) is 0 Å². The van der Waals surface area contributed by atoms with Gasteiger partial charge in [-0.1, -0.05) is 66.0 Å². The molecule has 0 fully saturated rings. The number of ether oxygens (including phenoxy) is 1. The average molecular weight is 659 g/mol. The highest BCUT2D eigenvalue weighted by Crippen LogP contribution is 2.27. The van der Waals surface area contributed by atoms with Crippen molar-refractivity contribution in [2.75, 3.05) is 24.0 Å². The van der Waals surface area contributed by atoms with E-state index in [1.54, 1.807) is 36.4 Å². The van der Waals surface area contributed by atoms with Gasteiger partial charge < -0.3 is 15.0 Å². The van der Waals surface area contributed by atoms with Crippen molar-refractivity contribution in [2.45, 2.75) is 64.4 Å². The molecule has 0 heterocycles. The minimum Gasteiger partial charge on any atom is -0.494 e. The molecule has 0 aromatic heterocycles. The van der Waals surface area contributed by atoms with Crippen LogP contribution in [0.5, 0.6) is 5.75 Å². The van der Waals surface area contributed by atoms with E-state index in [1.807, 2.05) is 52.0 Å². The minimum atomic E-state index is -4.15. The van der Waals surface area contributed by atoms with Gasteiger partial charge in [-0.15, -0.1) is 0 Å². The number of nitrogens with zero attached hydrogens (tertiary/aromatic N) is 2. The fraction of sp³-hybridized carbons (Fsp3) is 0.375. The highest BCUT2D eigenvalue weighted by molar-refractivity contribution is 9.10. The smallest absolute Gasteiger partial charge is 0.264 e.